The lowest BCUT2D eigenvalue weighted by molar-refractivity contribution is -0.603. The molecule has 0 fully saturated rings. The number of aromatic carboxylic acids is 1. The highest BCUT2D eigenvalue weighted by molar-refractivity contribution is 5.93. The first-order chi connectivity index (χ1) is 13.0. The van der Waals surface area contributed by atoms with Crippen LogP contribution in [0, 0.1) is 0 Å². The van der Waals surface area contributed by atoms with E-state index in [1.54, 1.807) is 12.1 Å². The largest absolute Gasteiger partial charge is 0.507 e. The number of nitrogen functional groups attached to an aromatic ring is 1. The number of carbonyl (C=O) groups is 2. The minimum absolute atomic E-state index is 0.0222. The zero-order valence-electron chi connectivity index (χ0n) is 14.0. The van der Waals surface area contributed by atoms with Gasteiger partial charge in [0.25, 0.3) is 0 Å². The number of benzene rings is 1. The van der Waals surface area contributed by atoms with Gasteiger partial charge in [-0.05, 0) is 34.2 Å². The predicted octanol–water partition coefficient (Wildman–Crippen LogP) is 0.353. The van der Waals surface area contributed by atoms with Crippen molar-refractivity contribution in [2.75, 3.05) is 5.73 Å². The zero-order chi connectivity index (χ0) is 19.4. The summed E-state index contributed by atoms with van der Waals surface area (Å²) in [4.78, 5) is 34.9. The molecule has 0 bridgehead atoms. The third kappa shape index (κ3) is 3.53. The molecule has 1 aromatic carbocycles. The van der Waals surface area contributed by atoms with Crippen LogP contribution in [0.15, 0.2) is 48.8 Å². The number of phenols is 1. The lowest BCUT2D eigenvalue weighted by Gasteiger charge is -2.03. The van der Waals surface area contributed by atoms with E-state index in [-0.39, 0.29) is 28.8 Å². The van der Waals surface area contributed by atoms with E-state index in [9.17, 15) is 14.7 Å². The number of aromatic hydroxyl groups is 1. The fraction of sp³-hybridized carbons (Fsp3) is 0. The number of carboxylic acids is 1. The van der Waals surface area contributed by atoms with Crippen molar-refractivity contribution < 1.29 is 30.5 Å². The number of para-hydroxylation sites is 1. The Balaban J connectivity index is 1.97. The van der Waals surface area contributed by atoms with Crippen LogP contribution < -0.4 is 15.0 Å². The van der Waals surface area contributed by atoms with Crippen molar-refractivity contribution in [3.8, 4) is 17.7 Å². The van der Waals surface area contributed by atoms with Crippen LogP contribution in [0.2, 0.25) is 1.41 Å². The Hall–Kier alpha value is -4.08. The van der Waals surface area contributed by atoms with Crippen LogP contribution in [-0.2, 0) is 0 Å². The van der Waals surface area contributed by atoms with E-state index in [2.05, 4.69) is 15.0 Å². The summed E-state index contributed by atoms with van der Waals surface area (Å²) in [5.41, 5.74) is 1.84. The van der Waals surface area contributed by atoms with Gasteiger partial charge >= 0.3 is 29.8 Å². The van der Waals surface area contributed by atoms with Gasteiger partial charge in [-0.15, -0.1) is 4.98 Å². The molecule has 10 nitrogen and oxygen atoms in total. The molecular weight excluding hydrogens is 342 g/mol. The lowest BCUT2D eigenvalue weighted by Crippen LogP contribution is -2.34. The standard InChI is InChI=1S/C16H11N5O5/c17-14-18-15(21-7-3-4-9(8-21)12(23)24)20-16(19-14)26-13(25)10-5-1-2-6-11(10)22/h1-8H,(H3-,17,18,19,20,22,23,24,25)/p+1/i/hD. The maximum atomic E-state index is 12.2. The first-order valence-corrected chi connectivity index (χ1v) is 7.17. The third-order valence-corrected chi connectivity index (χ3v) is 3.19. The van der Waals surface area contributed by atoms with Crippen molar-refractivity contribution in [2.24, 2.45) is 0 Å². The van der Waals surface area contributed by atoms with Gasteiger partial charge in [0, 0.05) is 0 Å². The molecule has 0 amide bonds. The predicted molar refractivity (Wildman–Crippen MR) is 85.8 cm³/mol. The highest BCUT2D eigenvalue weighted by Gasteiger charge is 2.22. The topological polar surface area (TPSA) is 152 Å². The highest BCUT2D eigenvalue weighted by atomic mass is 16.5. The zero-order valence-corrected chi connectivity index (χ0v) is 13.0. The molecule has 0 aliphatic rings. The number of rotatable bonds is 5. The fourth-order valence-corrected chi connectivity index (χ4v) is 2.02. The van der Waals surface area contributed by atoms with Crippen molar-refractivity contribution in [3.05, 3.63) is 59.9 Å². The van der Waals surface area contributed by atoms with Crippen molar-refractivity contribution in [1.29, 1.82) is 0 Å². The maximum absolute atomic E-state index is 12.2. The number of carboxylic acid groups (broad SMARTS) is 1. The molecule has 4 N–H and O–H groups in total. The maximum Gasteiger partial charge on any atom is 0.446 e. The molecule has 26 heavy (non-hydrogen) atoms. The van der Waals surface area contributed by atoms with Crippen molar-refractivity contribution in [3.63, 3.8) is 0 Å². The molecule has 2 heterocycles. The van der Waals surface area contributed by atoms with Gasteiger partial charge in [0.1, 0.15) is 11.3 Å². The summed E-state index contributed by atoms with van der Waals surface area (Å²) in [6.45, 7) is 0. The number of nitrogens with zero attached hydrogens (tertiary/aromatic N) is 4. The Morgan fingerprint density at radius 3 is 2.69 bits per heavy atom. The van der Waals surface area contributed by atoms with Crippen molar-refractivity contribution >= 4 is 17.9 Å². The molecule has 3 rings (SSSR count). The summed E-state index contributed by atoms with van der Waals surface area (Å²) < 4.78 is 13.5. The smallest absolute Gasteiger partial charge is 0.446 e. The number of hydrogen-bond acceptors (Lipinski definition) is 8. The minimum atomic E-state index is -1.15. The summed E-state index contributed by atoms with van der Waals surface area (Å²) in [6, 6.07) is 8.17. The average molecular weight is 355 g/mol. The second-order valence-corrected chi connectivity index (χ2v) is 4.95. The van der Waals surface area contributed by atoms with Crippen LogP contribution in [-0.4, -0.2) is 37.1 Å². The number of ether oxygens (including phenoxy) is 1. The van der Waals surface area contributed by atoms with Gasteiger partial charge in [-0.1, -0.05) is 12.1 Å². The second kappa shape index (κ2) is 6.81. The number of nitrogens with two attached hydrogens (primary N) is 1. The van der Waals surface area contributed by atoms with Crippen LogP contribution in [0.4, 0.5) is 5.95 Å². The van der Waals surface area contributed by atoms with Crippen LogP contribution in [0.5, 0.6) is 11.8 Å². The van der Waals surface area contributed by atoms with Gasteiger partial charge < -0.3 is 20.7 Å². The number of esters is 1. The molecule has 130 valence electrons. The van der Waals surface area contributed by atoms with Crippen LogP contribution in [0.1, 0.15) is 20.7 Å². The summed E-state index contributed by atoms with van der Waals surface area (Å²) in [5.74, 6) is -2.65. The quantitative estimate of drug-likeness (QED) is 0.435. The second-order valence-electron chi connectivity index (χ2n) is 4.95. The first-order valence-electron chi connectivity index (χ1n) is 7.67. The van der Waals surface area contributed by atoms with Gasteiger partial charge in [-0.25, -0.2) is 14.2 Å². The molecule has 2 aromatic heterocycles. The van der Waals surface area contributed by atoms with Crippen molar-refractivity contribution in [2.45, 2.75) is 0 Å². The lowest BCUT2D eigenvalue weighted by atomic mass is 10.2. The fourth-order valence-electron chi connectivity index (χ4n) is 2.02. The molecule has 3 aromatic rings. The number of carbonyl (C=O) groups excluding carboxylic acids is 1. The summed E-state index contributed by atoms with van der Waals surface area (Å²) in [5, 5.41) is 18.8. The molecule has 0 radical (unpaired) electrons. The van der Waals surface area contributed by atoms with Crippen LogP contribution in [0.3, 0.4) is 0 Å². The summed E-state index contributed by atoms with van der Waals surface area (Å²) in [7, 11) is 0. The minimum Gasteiger partial charge on any atom is -0.507 e. The molecule has 0 aliphatic heterocycles. The van der Waals surface area contributed by atoms with E-state index in [0.717, 1.165) is 0 Å². The molecule has 0 aliphatic carbocycles. The Bertz CT molecular complexity index is 1030. The number of hydrogen-bond donors (Lipinski definition) is 3. The van der Waals surface area contributed by atoms with Crippen LogP contribution >= 0.6 is 0 Å². The normalized spacial score (nSPS) is 10.7. The van der Waals surface area contributed by atoms with Gasteiger partial charge in [0.15, 0.2) is 1.41 Å². The van der Waals surface area contributed by atoms with E-state index >= 15 is 0 Å². The molecule has 0 saturated heterocycles. The Morgan fingerprint density at radius 2 is 1.96 bits per heavy atom. The molecule has 0 spiro atoms. The number of anilines is 1. The van der Waals surface area contributed by atoms with E-state index < -0.39 is 17.9 Å². The summed E-state index contributed by atoms with van der Waals surface area (Å²) in [6.07, 6.45) is 2.73. The number of pyridine rings is 1. The van der Waals surface area contributed by atoms with E-state index in [1.807, 2.05) is 5.73 Å². The van der Waals surface area contributed by atoms with E-state index in [4.69, 9.17) is 11.3 Å². The first kappa shape index (κ1) is 15.4. The summed E-state index contributed by atoms with van der Waals surface area (Å²) >= 11 is 0. The average Bonchev–Trinajstić information content (AvgIpc) is 2.68. The van der Waals surface area contributed by atoms with Gasteiger partial charge in [0.2, 0.25) is 0 Å². The monoisotopic (exact) mass is 355 g/mol. The van der Waals surface area contributed by atoms with Gasteiger partial charge in [-0.2, -0.15) is 0 Å². The van der Waals surface area contributed by atoms with E-state index in [0.29, 0.717) is 0 Å². The Kier molecular flexibility index (Phi) is 4.04. The highest BCUT2D eigenvalue weighted by Crippen LogP contribution is 2.17. The Morgan fingerprint density at radius 1 is 1.15 bits per heavy atom. The molecule has 10 heteroatoms. The van der Waals surface area contributed by atoms with Crippen molar-refractivity contribution in [1.82, 2.24) is 15.0 Å². The molecule has 0 atom stereocenters. The Labute approximate surface area is 147 Å². The van der Waals surface area contributed by atoms with Crippen LogP contribution in [0.25, 0.3) is 5.95 Å². The number of aromatic nitrogens is 4. The van der Waals surface area contributed by atoms with Gasteiger partial charge in [-0.3, -0.25) is 0 Å². The molecule has 0 unspecified atom stereocenters. The SMILES string of the molecule is [2H]Nc1nc(OC(=O)c2ccccc2O)nc(-[n+]2cccc(C(=O)O)c2)n1. The third-order valence-electron chi connectivity index (χ3n) is 3.19. The van der Waals surface area contributed by atoms with Gasteiger partial charge in [0.05, 0.1) is 18.0 Å². The number of phenolic OH excluding ortho intramolecular Hbond substituents is 1. The van der Waals surface area contributed by atoms with E-state index in [1.165, 1.54) is 41.2 Å². The molecule has 0 saturated carbocycles. The molecular formula is C16H12N5O5+.